The van der Waals surface area contributed by atoms with Crippen LogP contribution in [0.2, 0.25) is 0 Å². The second kappa shape index (κ2) is 5.91. The number of hydrogen-bond donors (Lipinski definition) is 1. The fourth-order valence-corrected chi connectivity index (χ4v) is 3.44. The van der Waals surface area contributed by atoms with Crippen LogP contribution in [-0.4, -0.2) is 57.3 Å². The summed E-state index contributed by atoms with van der Waals surface area (Å²) >= 11 is 0. The zero-order valence-electron chi connectivity index (χ0n) is 14.9. The first-order valence-corrected chi connectivity index (χ1v) is 8.43. The fourth-order valence-electron chi connectivity index (χ4n) is 3.11. The average molecular weight is 347 g/mol. The minimum atomic E-state index is -4.14. The summed E-state index contributed by atoms with van der Waals surface area (Å²) in [6.07, 6.45) is -1.50. The van der Waals surface area contributed by atoms with Gasteiger partial charge in [-0.25, -0.2) is 5.14 Å². The first kappa shape index (κ1) is 19.6. The molecule has 3 rings (SSSR count). The van der Waals surface area contributed by atoms with Gasteiger partial charge < -0.3 is 25.1 Å². The molecule has 0 aromatic carbocycles. The zero-order chi connectivity index (χ0) is 16.4. The molecule has 3 fully saturated rings. The molecule has 3 heterocycles. The molecule has 130 valence electrons. The van der Waals surface area contributed by atoms with E-state index < -0.39 is 46.5 Å². The Balaban J connectivity index is 0.00000144. The molecule has 0 unspecified atom stereocenters. The van der Waals surface area contributed by atoms with E-state index >= 15 is 0 Å². The summed E-state index contributed by atoms with van der Waals surface area (Å²) in [7, 11) is -4.14. The number of rotatable bonds is 3. The van der Waals surface area contributed by atoms with Crippen LogP contribution in [0.15, 0.2) is 0 Å². The van der Waals surface area contributed by atoms with Crippen LogP contribution in [0.4, 0.5) is 0 Å². The molecule has 3 aliphatic heterocycles. The molecule has 0 amide bonds. The summed E-state index contributed by atoms with van der Waals surface area (Å²) in [5, 5.41) is 4.89. The molecule has 3 saturated heterocycles. The second-order valence-electron chi connectivity index (χ2n) is 6.56. The van der Waals surface area contributed by atoms with E-state index in [9.17, 15) is 8.42 Å². The normalized spacial score (nSPS) is 41.0. The number of ether oxygens (including phenoxy) is 5. The van der Waals surface area contributed by atoms with Crippen molar-refractivity contribution in [1.82, 2.24) is 0 Å². The van der Waals surface area contributed by atoms with Crippen molar-refractivity contribution in [2.75, 3.05) is 13.2 Å². The van der Waals surface area contributed by atoms with Gasteiger partial charge in [0.05, 0.1) is 6.61 Å². The Labute approximate surface area is 149 Å². The summed E-state index contributed by atoms with van der Waals surface area (Å²) in [6.45, 7) is 6.71. The molecular formula is C12H22LiNO8S. The molecule has 0 radical (unpaired) electrons. The van der Waals surface area contributed by atoms with Crippen molar-refractivity contribution in [1.29, 1.82) is 0 Å². The van der Waals surface area contributed by atoms with Crippen molar-refractivity contribution in [2.24, 2.45) is 5.14 Å². The van der Waals surface area contributed by atoms with Gasteiger partial charge in [-0.1, -0.05) is 0 Å². The van der Waals surface area contributed by atoms with Crippen LogP contribution in [0.1, 0.15) is 29.1 Å². The maximum absolute atomic E-state index is 11.1. The molecule has 0 aromatic heterocycles. The van der Waals surface area contributed by atoms with Crippen molar-refractivity contribution < 1.29 is 56.6 Å². The van der Waals surface area contributed by atoms with Crippen LogP contribution >= 0.6 is 0 Å². The molecule has 11 heteroatoms. The molecule has 0 bridgehead atoms. The largest absolute Gasteiger partial charge is 1.00 e. The summed E-state index contributed by atoms with van der Waals surface area (Å²) in [6, 6.07) is 0. The van der Waals surface area contributed by atoms with Crippen molar-refractivity contribution in [3.8, 4) is 0 Å². The second-order valence-corrected chi connectivity index (χ2v) is 7.78. The topological polar surface area (TPSA) is 116 Å². The Morgan fingerprint density at radius 1 is 1.17 bits per heavy atom. The molecule has 23 heavy (non-hydrogen) atoms. The Kier molecular flexibility index (Phi) is 5.04. The summed E-state index contributed by atoms with van der Waals surface area (Å²) in [5.41, 5.74) is 0. The summed E-state index contributed by atoms with van der Waals surface area (Å²) < 4.78 is 55.9. The molecule has 9 nitrogen and oxygen atoms in total. The molecule has 0 aliphatic carbocycles. The molecule has 3 aliphatic rings. The molecule has 0 saturated carbocycles. The van der Waals surface area contributed by atoms with Crippen molar-refractivity contribution in [3.05, 3.63) is 0 Å². The van der Waals surface area contributed by atoms with Gasteiger partial charge in [0.2, 0.25) is 5.79 Å². The van der Waals surface area contributed by atoms with Crippen LogP contribution in [0.3, 0.4) is 0 Å². The van der Waals surface area contributed by atoms with E-state index in [4.69, 9.17) is 33.0 Å². The number of nitrogens with two attached hydrogens (primary N) is 1. The van der Waals surface area contributed by atoms with E-state index in [2.05, 4.69) is 0 Å². The van der Waals surface area contributed by atoms with Crippen molar-refractivity contribution in [3.63, 3.8) is 0 Å². The summed E-state index contributed by atoms with van der Waals surface area (Å²) in [4.78, 5) is 0. The van der Waals surface area contributed by atoms with E-state index in [0.717, 1.165) is 0 Å². The minimum Gasteiger partial charge on any atom is -1.00 e. The molecule has 2 N–H and O–H groups in total. The predicted octanol–water partition coefficient (Wildman–Crippen LogP) is -3.28. The Hall–Kier alpha value is 0.267. The van der Waals surface area contributed by atoms with Crippen LogP contribution < -0.4 is 24.0 Å². The Morgan fingerprint density at radius 3 is 2.43 bits per heavy atom. The zero-order valence-corrected chi connectivity index (χ0v) is 14.7. The predicted molar refractivity (Wildman–Crippen MR) is 72.7 cm³/mol. The maximum atomic E-state index is 11.1. The molecular weight excluding hydrogens is 325 g/mol. The van der Waals surface area contributed by atoms with Gasteiger partial charge in [0.1, 0.15) is 24.9 Å². The first-order valence-electron chi connectivity index (χ1n) is 6.96. The van der Waals surface area contributed by atoms with Gasteiger partial charge in [0.15, 0.2) is 11.6 Å². The van der Waals surface area contributed by atoms with Gasteiger partial charge in [-0.05, 0) is 27.7 Å². The van der Waals surface area contributed by atoms with E-state index in [0.29, 0.717) is 0 Å². The third-order valence-electron chi connectivity index (χ3n) is 3.70. The van der Waals surface area contributed by atoms with Gasteiger partial charge in [-0.15, -0.1) is 0 Å². The van der Waals surface area contributed by atoms with Crippen LogP contribution in [0, 0.1) is 0 Å². The van der Waals surface area contributed by atoms with Crippen molar-refractivity contribution >= 4 is 10.3 Å². The summed E-state index contributed by atoms with van der Waals surface area (Å²) in [5.74, 6) is -3.19. The van der Waals surface area contributed by atoms with Gasteiger partial charge in [0, 0.05) is 0 Å². The van der Waals surface area contributed by atoms with E-state index in [1.54, 1.807) is 27.7 Å². The van der Waals surface area contributed by atoms with Gasteiger partial charge in [-0.2, -0.15) is 8.42 Å². The van der Waals surface area contributed by atoms with Crippen LogP contribution in [-0.2, 0) is 38.2 Å². The molecule has 0 spiro atoms. The SMILES string of the molecule is CC1(C)O[C@@H]2[C@@H](CO[C@@]3(COS(N)(=O)=O)OC(C)(C)O[C@@H]23)O1.[H-].[Li+]. The van der Waals surface area contributed by atoms with Crippen molar-refractivity contribution in [2.45, 2.75) is 63.4 Å². The van der Waals surface area contributed by atoms with Gasteiger partial charge >= 0.3 is 29.2 Å². The van der Waals surface area contributed by atoms with Crippen LogP contribution in [0.5, 0.6) is 0 Å². The van der Waals surface area contributed by atoms with E-state index in [1.165, 1.54) is 0 Å². The molecule has 4 atom stereocenters. The average Bonchev–Trinajstić information content (AvgIpc) is 2.78. The van der Waals surface area contributed by atoms with E-state index in [1.807, 2.05) is 0 Å². The monoisotopic (exact) mass is 347 g/mol. The first-order chi connectivity index (χ1) is 9.92. The molecule has 0 aromatic rings. The van der Waals surface area contributed by atoms with Gasteiger partial charge in [-0.3, -0.25) is 4.18 Å². The van der Waals surface area contributed by atoms with E-state index in [-0.39, 0.29) is 33.0 Å². The number of hydrogen-bond acceptors (Lipinski definition) is 8. The van der Waals surface area contributed by atoms with Crippen LogP contribution in [0.25, 0.3) is 0 Å². The number of fused-ring (bicyclic) bond motifs is 3. The quantitative estimate of drug-likeness (QED) is 0.529. The Morgan fingerprint density at radius 2 is 1.83 bits per heavy atom. The third kappa shape index (κ3) is 3.93. The Bertz CT molecular complexity index is 573. The third-order valence-corrected chi connectivity index (χ3v) is 4.15. The fraction of sp³-hybridized carbons (Fsp3) is 1.00. The smallest absolute Gasteiger partial charge is 1.00 e. The standard InChI is InChI=1S/C12H21NO8S.Li.H/c1-10(2)18-7-5-16-12(6-17-22(13,14)15)9(8(7)19-10)20-11(3,4)21-12;;/h7-9H,5-6H2,1-4H3,(H2,13,14,15);;/q;+1;-1/t7-,8-,9+,12+;;/m1../s1. The van der Waals surface area contributed by atoms with Gasteiger partial charge in [0.25, 0.3) is 0 Å². The maximum Gasteiger partial charge on any atom is 1.00 e. The minimum absolute atomic E-state index is 0.